The first-order valence-corrected chi connectivity index (χ1v) is 12.4. The van der Waals surface area contributed by atoms with Crippen LogP contribution >= 0.6 is 0 Å². The van der Waals surface area contributed by atoms with E-state index in [-0.39, 0.29) is 5.97 Å². The average Bonchev–Trinajstić information content (AvgIpc) is 2.73. The second-order valence-corrected chi connectivity index (χ2v) is 9.61. The maximum Gasteiger partial charge on any atom is 0.342 e. The quantitative estimate of drug-likeness (QED) is 0.144. The predicted molar refractivity (Wildman–Crippen MR) is 139 cm³/mol. The Balaban J connectivity index is 2.19. The maximum atomic E-state index is 11.1. The highest BCUT2D eigenvalue weighted by Crippen LogP contribution is 2.26. The number of rotatable bonds is 15. The third kappa shape index (κ3) is 12.7. The number of hydrogen-bond donors (Lipinski definition) is 0. The van der Waals surface area contributed by atoms with Crippen molar-refractivity contribution in [2.24, 2.45) is 0 Å². The summed E-state index contributed by atoms with van der Waals surface area (Å²) in [5, 5.41) is 0. The number of unbranched alkanes of at least 4 members (excludes halogenated alkanes) is 1. The van der Waals surface area contributed by atoms with Crippen LogP contribution in [0.15, 0.2) is 69.6 Å². The van der Waals surface area contributed by atoms with Gasteiger partial charge in [0.05, 0.1) is 5.57 Å². The van der Waals surface area contributed by atoms with Crippen molar-refractivity contribution >= 4 is 5.97 Å². The van der Waals surface area contributed by atoms with Gasteiger partial charge in [0, 0.05) is 6.42 Å². The standard InChI is InChI=1S/C30H46O2/c1-23(2)13-10-16-26(5)19-11-17-24(3)14-8-9-15-25(4)18-12-20-27(6)21-22-29-28(7)30(31)32-29/h13-15,19-20H,8-12,16-18,21-22H2,1-7H3/b24-14+,25-15+,26-19+,27-20+. The fraction of sp³-hybridized carbons (Fsp3) is 0.567. The van der Waals surface area contributed by atoms with E-state index in [9.17, 15) is 4.79 Å². The fourth-order valence-electron chi connectivity index (χ4n) is 3.63. The largest absolute Gasteiger partial charge is 0.427 e. The molecule has 1 aliphatic rings. The van der Waals surface area contributed by atoms with Crippen molar-refractivity contribution in [3.05, 3.63) is 69.6 Å². The lowest BCUT2D eigenvalue weighted by Gasteiger charge is -2.19. The monoisotopic (exact) mass is 438 g/mol. The maximum absolute atomic E-state index is 11.1. The Bertz CT molecular complexity index is 793. The summed E-state index contributed by atoms with van der Waals surface area (Å²) < 4.78 is 5.06. The molecule has 0 saturated heterocycles. The molecule has 0 spiro atoms. The van der Waals surface area contributed by atoms with Gasteiger partial charge >= 0.3 is 5.97 Å². The normalized spacial score (nSPS) is 15.7. The first-order chi connectivity index (χ1) is 15.2. The van der Waals surface area contributed by atoms with Crippen molar-refractivity contribution in [3.63, 3.8) is 0 Å². The molecule has 32 heavy (non-hydrogen) atoms. The zero-order chi connectivity index (χ0) is 23.9. The van der Waals surface area contributed by atoms with Gasteiger partial charge in [0.1, 0.15) is 5.76 Å². The Labute approximate surface area is 197 Å². The number of carbonyl (C=O) groups is 1. The molecule has 0 fully saturated rings. The summed E-state index contributed by atoms with van der Waals surface area (Å²) in [5.74, 6) is 0.706. The molecule has 0 atom stereocenters. The highest BCUT2D eigenvalue weighted by Gasteiger charge is 2.24. The van der Waals surface area contributed by atoms with Crippen LogP contribution in [-0.2, 0) is 9.53 Å². The van der Waals surface area contributed by atoms with E-state index in [1.54, 1.807) is 0 Å². The van der Waals surface area contributed by atoms with Crippen LogP contribution in [0.1, 0.15) is 113 Å². The third-order valence-corrected chi connectivity index (χ3v) is 5.99. The molecule has 0 unspecified atom stereocenters. The number of esters is 1. The summed E-state index contributed by atoms with van der Waals surface area (Å²) in [7, 11) is 0. The van der Waals surface area contributed by atoms with Gasteiger partial charge in [-0.15, -0.1) is 0 Å². The van der Waals surface area contributed by atoms with Crippen molar-refractivity contribution in [2.45, 2.75) is 113 Å². The molecule has 1 aliphatic heterocycles. The molecule has 0 aromatic heterocycles. The molecular formula is C30H46O2. The molecule has 0 saturated carbocycles. The Kier molecular flexibility index (Phi) is 13.7. The van der Waals surface area contributed by atoms with E-state index in [0.29, 0.717) is 0 Å². The molecule has 178 valence electrons. The van der Waals surface area contributed by atoms with Gasteiger partial charge in [-0.2, -0.15) is 0 Å². The summed E-state index contributed by atoms with van der Waals surface area (Å²) in [6.45, 7) is 15.1. The van der Waals surface area contributed by atoms with Gasteiger partial charge in [-0.1, -0.05) is 58.2 Å². The minimum Gasteiger partial charge on any atom is -0.427 e. The first-order valence-electron chi connectivity index (χ1n) is 12.4. The molecule has 2 heteroatoms. The van der Waals surface area contributed by atoms with E-state index in [2.05, 4.69) is 71.9 Å². The van der Waals surface area contributed by atoms with Crippen molar-refractivity contribution in [1.82, 2.24) is 0 Å². The van der Waals surface area contributed by atoms with Crippen molar-refractivity contribution in [1.29, 1.82) is 0 Å². The Morgan fingerprint density at radius 1 is 0.625 bits per heavy atom. The Morgan fingerprint density at radius 3 is 1.44 bits per heavy atom. The Morgan fingerprint density at radius 2 is 1.03 bits per heavy atom. The summed E-state index contributed by atoms with van der Waals surface area (Å²) in [6, 6.07) is 0. The topological polar surface area (TPSA) is 26.3 Å². The Hall–Kier alpha value is -2.09. The smallest absolute Gasteiger partial charge is 0.342 e. The summed E-state index contributed by atoms with van der Waals surface area (Å²) in [4.78, 5) is 11.1. The van der Waals surface area contributed by atoms with E-state index in [1.165, 1.54) is 40.7 Å². The van der Waals surface area contributed by atoms with Crippen molar-refractivity contribution < 1.29 is 9.53 Å². The molecule has 2 nitrogen and oxygen atoms in total. The number of ether oxygens (including phenoxy) is 1. The fourth-order valence-corrected chi connectivity index (χ4v) is 3.63. The number of allylic oxidation sites excluding steroid dienone is 11. The van der Waals surface area contributed by atoms with Crippen molar-refractivity contribution in [2.75, 3.05) is 0 Å². The van der Waals surface area contributed by atoms with Crippen LogP contribution in [0.5, 0.6) is 0 Å². The van der Waals surface area contributed by atoms with Crippen LogP contribution in [-0.4, -0.2) is 5.97 Å². The molecule has 0 N–H and O–H groups in total. The number of hydrogen-bond acceptors (Lipinski definition) is 2. The van der Waals surface area contributed by atoms with Crippen molar-refractivity contribution in [3.8, 4) is 0 Å². The molecule has 0 amide bonds. The lowest BCUT2D eigenvalue weighted by Crippen LogP contribution is -2.19. The van der Waals surface area contributed by atoms with E-state index in [0.717, 1.165) is 62.7 Å². The van der Waals surface area contributed by atoms with Crippen LogP contribution in [0, 0.1) is 0 Å². The number of carbonyl (C=O) groups excluding carboxylic acids is 1. The minimum absolute atomic E-state index is 0.162. The van der Waals surface area contributed by atoms with Gasteiger partial charge < -0.3 is 4.74 Å². The van der Waals surface area contributed by atoms with Gasteiger partial charge in [0.2, 0.25) is 0 Å². The zero-order valence-electron chi connectivity index (χ0n) is 21.8. The van der Waals surface area contributed by atoms with E-state index in [1.807, 2.05) is 6.92 Å². The van der Waals surface area contributed by atoms with E-state index < -0.39 is 0 Å². The summed E-state index contributed by atoms with van der Waals surface area (Å²) in [5.41, 5.74) is 8.07. The summed E-state index contributed by atoms with van der Waals surface area (Å²) in [6.07, 6.45) is 22.8. The highest BCUT2D eigenvalue weighted by molar-refractivity contribution is 5.94. The second kappa shape index (κ2) is 15.7. The minimum atomic E-state index is -0.162. The molecule has 1 rings (SSSR count). The average molecular weight is 439 g/mol. The van der Waals surface area contributed by atoms with E-state index >= 15 is 0 Å². The third-order valence-electron chi connectivity index (χ3n) is 5.99. The van der Waals surface area contributed by atoms with Gasteiger partial charge in [-0.25, -0.2) is 4.79 Å². The molecule has 1 heterocycles. The molecule has 0 bridgehead atoms. The predicted octanol–water partition coefficient (Wildman–Crippen LogP) is 9.47. The molecule has 0 aromatic carbocycles. The van der Waals surface area contributed by atoms with Gasteiger partial charge in [0.15, 0.2) is 0 Å². The van der Waals surface area contributed by atoms with Crippen LogP contribution in [0.25, 0.3) is 0 Å². The molecule has 0 aliphatic carbocycles. The molecular weight excluding hydrogens is 392 g/mol. The van der Waals surface area contributed by atoms with E-state index in [4.69, 9.17) is 4.74 Å². The SMILES string of the molecule is CC(C)=CCC/C(C)=C/CC/C(C)=C/CC/C=C(\C)CC/C=C(\C)CCC1=C(C)C(=O)O1. The molecule has 0 aromatic rings. The zero-order valence-corrected chi connectivity index (χ0v) is 21.8. The lowest BCUT2D eigenvalue weighted by molar-refractivity contribution is -0.140. The van der Waals surface area contributed by atoms with Crippen LogP contribution in [0.3, 0.4) is 0 Å². The van der Waals surface area contributed by atoms with Crippen LogP contribution in [0.4, 0.5) is 0 Å². The van der Waals surface area contributed by atoms with Crippen LogP contribution in [0.2, 0.25) is 0 Å². The van der Waals surface area contributed by atoms with Gasteiger partial charge in [-0.05, 0) is 106 Å². The highest BCUT2D eigenvalue weighted by atomic mass is 16.6. The molecule has 0 radical (unpaired) electrons. The first kappa shape index (κ1) is 27.9. The second-order valence-electron chi connectivity index (χ2n) is 9.61. The van der Waals surface area contributed by atoms with Gasteiger partial charge in [0.25, 0.3) is 0 Å². The van der Waals surface area contributed by atoms with Crippen LogP contribution < -0.4 is 0 Å². The number of cyclic esters (lactones) is 1. The lowest BCUT2D eigenvalue weighted by atomic mass is 10.0. The summed E-state index contributed by atoms with van der Waals surface area (Å²) >= 11 is 0. The van der Waals surface area contributed by atoms with Gasteiger partial charge in [-0.3, -0.25) is 0 Å².